The predicted octanol–water partition coefficient (Wildman–Crippen LogP) is 4.75. The molecular formula is C19H18F2O2. The number of carbonyl (C=O) groups excluding carboxylic acids is 1. The van der Waals surface area contributed by atoms with Gasteiger partial charge in [0.25, 0.3) is 5.92 Å². The van der Waals surface area contributed by atoms with Gasteiger partial charge in [0.1, 0.15) is 0 Å². The molecule has 2 rings (SSSR count). The minimum absolute atomic E-state index is 0.333. The molecule has 4 heteroatoms. The molecule has 0 aliphatic carbocycles. The van der Waals surface area contributed by atoms with Crippen molar-refractivity contribution >= 4 is 12.0 Å². The van der Waals surface area contributed by atoms with Crippen LogP contribution in [0.25, 0.3) is 6.08 Å². The van der Waals surface area contributed by atoms with Crippen LogP contribution in [-0.2, 0) is 11.2 Å². The Morgan fingerprint density at radius 1 is 1.09 bits per heavy atom. The SMILES string of the molecule is COC(=O)c1ccc(CC(F)(F)C/C=C/c2ccccc2)cc1. The van der Waals surface area contributed by atoms with E-state index in [2.05, 4.69) is 4.74 Å². The molecule has 0 amide bonds. The summed E-state index contributed by atoms with van der Waals surface area (Å²) in [4.78, 5) is 11.3. The van der Waals surface area contributed by atoms with Crippen molar-refractivity contribution in [3.05, 3.63) is 77.4 Å². The van der Waals surface area contributed by atoms with Gasteiger partial charge in [0, 0.05) is 12.8 Å². The van der Waals surface area contributed by atoms with E-state index in [0.29, 0.717) is 11.1 Å². The van der Waals surface area contributed by atoms with Crippen LogP contribution in [0.2, 0.25) is 0 Å². The van der Waals surface area contributed by atoms with Crippen molar-refractivity contribution in [3.63, 3.8) is 0 Å². The van der Waals surface area contributed by atoms with E-state index in [-0.39, 0.29) is 12.8 Å². The summed E-state index contributed by atoms with van der Waals surface area (Å²) >= 11 is 0. The van der Waals surface area contributed by atoms with Crippen molar-refractivity contribution in [1.29, 1.82) is 0 Å². The maximum absolute atomic E-state index is 14.0. The Labute approximate surface area is 134 Å². The summed E-state index contributed by atoms with van der Waals surface area (Å²) in [6.07, 6.45) is 2.47. The summed E-state index contributed by atoms with van der Waals surface area (Å²) in [5.74, 6) is -3.31. The molecule has 0 aromatic heterocycles. The average molecular weight is 316 g/mol. The van der Waals surface area contributed by atoms with Gasteiger partial charge in [-0.1, -0.05) is 54.6 Å². The van der Waals surface area contributed by atoms with Crippen LogP contribution in [0.3, 0.4) is 0 Å². The van der Waals surface area contributed by atoms with E-state index in [1.54, 1.807) is 6.08 Å². The summed E-state index contributed by atoms with van der Waals surface area (Å²) in [6, 6.07) is 15.4. The number of allylic oxidation sites excluding steroid dienone is 1. The van der Waals surface area contributed by atoms with Gasteiger partial charge in [-0.2, -0.15) is 0 Å². The number of esters is 1. The second-order valence-corrected chi connectivity index (χ2v) is 5.24. The first-order chi connectivity index (χ1) is 11.0. The molecule has 2 aromatic rings. The number of ether oxygens (including phenoxy) is 1. The standard InChI is InChI=1S/C19H18F2O2/c1-23-18(22)17-11-9-16(10-12-17)14-19(20,21)13-5-8-15-6-3-2-4-7-15/h2-12H,13-14H2,1H3/b8-5+. The molecule has 0 bridgehead atoms. The predicted molar refractivity (Wildman–Crippen MR) is 86.5 cm³/mol. The summed E-state index contributed by atoms with van der Waals surface area (Å²) < 4.78 is 32.6. The van der Waals surface area contributed by atoms with Gasteiger partial charge in [0.05, 0.1) is 12.7 Å². The van der Waals surface area contributed by atoms with E-state index in [0.717, 1.165) is 5.56 Å². The number of hydrogen-bond donors (Lipinski definition) is 0. The van der Waals surface area contributed by atoms with Gasteiger partial charge in [-0.15, -0.1) is 0 Å². The molecule has 0 aliphatic heterocycles. The number of halogens is 2. The van der Waals surface area contributed by atoms with E-state index in [4.69, 9.17) is 0 Å². The smallest absolute Gasteiger partial charge is 0.337 e. The highest BCUT2D eigenvalue weighted by molar-refractivity contribution is 5.89. The highest BCUT2D eigenvalue weighted by Gasteiger charge is 2.27. The molecule has 0 fully saturated rings. The van der Waals surface area contributed by atoms with Gasteiger partial charge in [-0.05, 0) is 23.3 Å². The molecule has 0 radical (unpaired) electrons. The van der Waals surface area contributed by atoms with Crippen molar-refractivity contribution in [2.75, 3.05) is 7.11 Å². The Morgan fingerprint density at radius 2 is 1.74 bits per heavy atom. The molecule has 0 atom stereocenters. The van der Waals surface area contributed by atoms with Crippen LogP contribution >= 0.6 is 0 Å². The minimum atomic E-state index is -2.84. The highest BCUT2D eigenvalue weighted by atomic mass is 19.3. The van der Waals surface area contributed by atoms with E-state index < -0.39 is 11.9 Å². The molecule has 2 nitrogen and oxygen atoms in total. The number of benzene rings is 2. The second kappa shape index (κ2) is 7.68. The van der Waals surface area contributed by atoms with Gasteiger partial charge in [-0.3, -0.25) is 0 Å². The van der Waals surface area contributed by atoms with Gasteiger partial charge in [0.2, 0.25) is 0 Å². The molecule has 0 N–H and O–H groups in total. The summed E-state index contributed by atoms with van der Waals surface area (Å²) in [6.45, 7) is 0. The van der Waals surface area contributed by atoms with Gasteiger partial charge in [-0.25, -0.2) is 13.6 Å². The quantitative estimate of drug-likeness (QED) is 0.719. The van der Waals surface area contributed by atoms with E-state index in [1.165, 1.54) is 37.5 Å². The van der Waals surface area contributed by atoms with Crippen molar-refractivity contribution in [2.45, 2.75) is 18.8 Å². The van der Waals surface area contributed by atoms with Crippen LogP contribution in [0.1, 0.15) is 27.9 Å². The zero-order valence-corrected chi connectivity index (χ0v) is 12.8. The lowest BCUT2D eigenvalue weighted by molar-refractivity contribution is 0.00508. The Kier molecular flexibility index (Phi) is 5.63. The van der Waals surface area contributed by atoms with Gasteiger partial charge >= 0.3 is 5.97 Å². The normalized spacial score (nSPS) is 11.6. The van der Waals surface area contributed by atoms with Crippen molar-refractivity contribution < 1.29 is 18.3 Å². The third-order valence-electron chi connectivity index (χ3n) is 3.36. The van der Waals surface area contributed by atoms with E-state index in [1.807, 2.05) is 30.3 Å². The Balaban J connectivity index is 1.95. The molecule has 0 unspecified atom stereocenters. The molecule has 0 saturated heterocycles. The molecule has 0 spiro atoms. The third kappa shape index (κ3) is 5.33. The maximum Gasteiger partial charge on any atom is 0.337 e. The summed E-state index contributed by atoms with van der Waals surface area (Å²) in [5, 5.41) is 0. The van der Waals surface area contributed by atoms with Crippen LogP contribution < -0.4 is 0 Å². The van der Waals surface area contributed by atoms with E-state index in [9.17, 15) is 13.6 Å². The highest BCUT2D eigenvalue weighted by Crippen LogP contribution is 2.25. The topological polar surface area (TPSA) is 26.3 Å². The average Bonchev–Trinajstić information content (AvgIpc) is 2.55. The van der Waals surface area contributed by atoms with Crippen molar-refractivity contribution in [3.8, 4) is 0 Å². The number of methoxy groups -OCH3 is 1. The second-order valence-electron chi connectivity index (χ2n) is 5.24. The Hall–Kier alpha value is -2.49. The monoisotopic (exact) mass is 316 g/mol. The molecule has 0 saturated carbocycles. The third-order valence-corrected chi connectivity index (χ3v) is 3.36. The van der Waals surface area contributed by atoms with Crippen LogP contribution in [0, 0.1) is 0 Å². The molecule has 23 heavy (non-hydrogen) atoms. The number of hydrogen-bond acceptors (Lipinski definition) is 2. The molecule has 120 valence electrons. The number of carbonyl (C=O) groups is 1. The van der Waals surface area contributed by atoms with Crippen molar-refractivity contribution in [1.82, 2.24) is 0 Å². The minimum Gasteiger partial charge on any atom is -0.465 e. The first-order valence-corrected chi connectivity index (χ1v) is 7.27. The first kappa shape index (κ1) is 16.9. The van der Waals surface area contributed by atoms with Crippen molar-refractivity contribution in [2.24, 2.45) is 0 Å². The summed E-state index contributed by atoms with van der Waals surface area (Å²) in [7, 11) is 1.28. The molecule has 0 aliphatic rings. The number of alkyl halides is 2. The maximum atomic E-state index is 14.0. The van der Waals surface area contributed by atoms with E-state index >= 15 is 0 Å². The molecule has 0 heterocycles. The van der Waals surface area contributed by atoms with Crippen LogP contribution in [-0.4, -0.2) is 19.0 Å². The fourth-order valence-corrected chi connectivity index (χ4v) is 2.18. The van der Waals surface area contributed by atoms with Gasteiger partial charge < -0.3 is 4.74 Å². The largest absolute Gasteiger partial charge is 0.465 e. The fourth-order valence-electron chi connectivity index (χ4n) is 2.18. The zero-order chi connectivity index (χ0) is 16.7. The number of rotatable bonds is 6. The Bertz CT molecular complexity index is 662. The summed E-state index contributed by atoms with van der Waals surface area (Å²) in [5.41, 5.74) is 1.73. The molecule has 2 aromatic carbocycles. The van der Waals surface area contributed by atoms with Crippen LogP contribution in [0.15, 0.2) is 60.7 Å². The first-order valence-electron chi connectivity index (χ1n) is 7.27. The lowest BCUT2D eigenvalue weighted by Gasteiger charge is -2.14. The van der Waals surface area contributed by atoms with Crippen LogP contribution in [0.5, 0.6) is 0 Å². The molecular weight excluding hydrogens is 298 g/mol. The lowest BCUT2D eigenvalue weighted by atomic mass is 10.0. The zero-order valence-electron chi connectivity index (χ0n) is 12.8. The van der Waals surface area contributed by atoms with Gasteiger partial charge in [0.15, 0.2) is 0 Å². The van der Waals surface area contributed by atoms with Crippen LogP contribution in [0.4, 0.5) is 8.78 Å². The Morgan fingerprint density at radius 3 is 2.35 bits per heavy atom. The fraction of sp³-hybridized carbons (Fsp3) is 0.211. The lowest BCUT2D eigenvalue weighted by Crippen LogP contribution is -2.18.